The fourth-order valence-electron chi connectivity index (χ4n) is 1.43. The lowest BCUT2D eigenvalue weighted by atomic mass is 10.1. The van der Waals surface area contributed by atoms with Crippen LogP contribution in [0.4, 0.5) is 0 Å². The number of carbonyl (C=O) groups excluding carboxylic acids is 2. The van der Waals surface area contributed by atoms with Crippen LogP contribution in [0.3, 0.4) is 0 Å². The van der Waals surface area contributed by atoms with Crippen molar-refractivity contribution in [3.05, 3.63) is 0 Å². The maximum atomic E-state index is 11.5. The summed E-state index contributed by atoms with van der Waals surface area (Å²) in [4.78, 5) is 25.9. The van der Waals surface area contributed by atoms with E-state index in [0.717, 1.165) is 12.8 Å². The fraction of sp³-hybridized carbons (Fsp3) is 0.778. The molecule has 1 unspecified atom stereocenters. The van der Waals surface area contributed by atoms with Crippen LogP contribution in [0.25, 0.3) is 0 Å². The molecular formula is C9H17N3O2. The van der Waals surface area contributed by atoms with E-state index in [1.165, 1.54) is 9.80 Å². The predicted molar refractivity (Wildman–Crippen MR) is 52.5 cm³/mol. The maximum Gasteiger partial charge on any atom is 0.241 e. The first-order chi connectivity index (χ1) is 6.52. The number of hydrogen-bond donors (Lipinski definition) is 1. The van der Waals surface area contributed by atoms with Gasteiger partial charge >= 0.3 is 0 Å². The smallest absolute Gasteiger partial charge is 0.241 e. The number of piperidine rings is 1. The number of amides is 2. The minimum absolute atomic E-state index is 0.0625. The summed E-state index contributed by atoms with van der Waals surface area (Å²) < 4.78 is 0. The van der Waals surface area contributed by atoms with E-state index >= 15 is 0 Å². The molecule has 0 aliphatic carbocycles. The van der Waals surface area contributed by atoms with Crippen molar-refractivity contribution in [2.24, 2.45) is 5.73 Å². The number of likely N-dealkylation sites (N-methyl/N-ethyl adjacent to an activating group) is 1. The molecule has 14 heavy (non-hydrogen) atoms. The molecule has 1 atom stereocenters. The largest absolute Gasteiger partial charge is 0.347 e. The van der Waals surface area contributed by atoms with Gasteiger partial charge in [0, 0.05) is 20.6 Å². The van der Waals surface area contributed by atoms with E-state index in [0.29, 0.717) is 6.54 Å². The number of likely N-dealkylation sites (tertiary alicyclic amines) is 1. The van der Waals surface area contributed by atoms with Crippen LogP contribution in [0.5, 0.6) is 0 Å². The molecule has 5 nitrogen and oxygen atoms in total. The third-order valence-corrected chi connectivity index (χ3v) is 2.40. The maximum absolute atomic E-state index is 11.5. The first kappa shape index (κ1) is 11.0. The van der Waals surface area contributed by atoms with Crippen molar-refractivity contribution in [3.8, 4) is 0 Å². The van der Waals surface area contributed by atoms with Gasteiger partial charge in [0.05, 0.1) is 12.6 Å². The van der Waals surface area contributed by atoms with E-state index in [1.807, 2.05) is 0 Å². The second-order valence-electron chi connectivity index (χ2n) is 3.80. The molecular weight excluding hydrogens is 182 g/mol. The van der Waals surface area contributed by atoms with Gasteiger partial charge in [0.1, 0.15) is 0 Å². The van der Waals surface area contributed by atoms with Gasteiger partial charge in [-0.1, -0.05) is 0 Å². The Morgan fingerprint density at radius 1 is 1.64 bits per heavy atom. The van der Waals surface area contributed by atoms with E-state index in [1.54, 1.807) is 14.1 Å². The highest BCUT2D eigenvalue weighted by Gasteiger charge is 2.27. The molecule has 80 valence electrons. The zero-order chi connectivity index (χ0) is 10.7. The van der Waals surface area contributed by atoms with E-state index in [-0.39, 0.29) is 18.4 Å². The highest BCUT2D eigenvalue weighted by Crippen LogP contribution is 2.09. The number of nitrogens with zero attached hydrogens (tertiary/aromatic N) is 2. The summed E-state index contributed by atoms with van der Waals surface area (Å²) in [7, 11) is 3.35. The monoisotopic (exact) mass is 199 g/mol. The molecule has 1 fully saturated rings. The molecule has 0 radical (unpaired) electrons. The summed E-state index contributed by atoms with van der Waals surface area (Å²) in [5, 5.41) is 0. The molecule has 1 rings (SSSR count). The van der Waals surface area contributed by atoms with Crippen LogP contribution < -0.4 is 5.73 Å². The summed E-state index contributed by atoms with van der Waals surface area (Å²) >= 11 is 0. The van der Waals surface area contributed by atoms with Crippen LogP contribution in [-0.4, -0.2) is 54.8 Å². The van der Waals surface area contributed by atoms with Crippen LogP contribution in [0, 0.1) is 0 Å². The predicted octanol–water partition coefficient (Wildman–Crippen LogP) is -0.976. The van der Waals surface area contributed by atoms with Crippen molar-refractivity contribution in [3.63, 3.8) is 0 Å². The zero-order valence-electron chi connectivity index (χ0n) is 8.69. The Kier molecular flexibility index (Phi) is 3.46. The summed E-state index contributed by atoms with van der Waals surface area (Å²) in [6.07, 6.45) is 1.61. The van der Waals surface area contributed by atoms with Crippen molar-refractivity contribution in [1.29, 1.82) is 0 Å². The molecule has 1 heterocycles. The lowest BCUT2D eigenvalue weighted by molar-refractivity contribution is -0.141. The van der Waals surface area contributed by atoms with Crippen LogP contribution in [0.2, 0.25) is 0 Å². The quantitative estimate of drug-likeness (QED) is 0.622. The third-order valence-electron chi connectivity index (χ3n) is 2.40. The third kappa shape index (κ3) is 2.45. The molecule has 1 aliphatic rings. The molecule has 0 aromatic carbocycles. The van der Waals surface area contributed by atoms with Crippen molar-refractivity contribution < 1.29 is 9.59 Å². The van der Waals surface area contributed by atoms with E-state index < -0.39 is 6.04 Å². The first-order valence-electron chi connectivity index (χ1n) is 4.77. The standard InChI is InChI=1S/C9H17N3O2/c1-11(2)8(13)6-12-5-3-4-7(10)9(12)14/h7H,3-6,10H2,1-2H3. The zero-order valence-corrected chi connectivity index (χ0v) is 8.69. The Morgan fingerprint density at radius 2 is 2.29 bits per heavy atom. The number of hydrogen-bond acceptors (Lipinski definition) is 3. The molecule has 2 N–H and O–H groups in total. The van der Waals surface area contributed by atoms with Gasteiger partial charge in [-0.25, -0.2) is 0 Å². The SMILES string of the molecule is CN(C)C(=O)CN1CCCC(N)C1=O. The minimum Gasteiger partial charge on any atom is -0.347 e. The minimum atomic E-state index is -0.418. The summed E-state index contributed by atoms with van der Waals surface area (Å²) in [5.74, 6) is -0.168. The molecule has 0 aromatic rings. The molecule has 2 amide bonds. The summed E-state index contributed by atoms with van der Waals surface area (Å²) in [6.45, 7) is 0.797. The Labute approximate surface area is 83.8 Å². The van der Waals surface area contributed by atoms with E-state index in [9.17, 15) is 9.59 Å². The second kappa shape index (κ2) is 4.41. The molecule has 0 aromatic heterocycles. The van der Waals surface area contributed by atoms with Gasteiger partial charge in [0.15, 0.2) is 0 Å². The normalized spacial score (nSPS) is 22.4. The Balaban J connectivity index is 2.51. The van der Waals surface area contributed by atoms with Gasteiger partial charge in [0.2, 0.25) is 11.8 Å². The van der Waals surface area contributed by atoms with Crippen molar-refractivity contribution in [2.75, 3.05) is 27.2 Å². The fourth-order valence-corrected chi connectivity index (χ4v) is 1.43. The van der Waals surface area contributed by atoms with E-state index in [2.05, 4.69) is 0 Å². The number of rotatable bonds is 2. The van der Waals surface area contributed by atoms with Gasteiger partial charge in [-0.05, 0) is 12.8 Å². The molecule has 5 heteroatoms. The van der Waals surface area contributed by atoms with Gasteiger partial charge in [-0.3, -0.25) is 9.59 Å². The highest BCUT2D eigenvalue weighted by molar-refractivity contribution is 5.87. The average Bonchev–Trinajstić information content (AvgIpc) is 2.12. The number of carbonyl (C=O) groups is 2. The van der Waals surface area contributed by atoms with Crippen LogP contribution in [0.15, 0.2) is 0 Å². The molecule has 0 bridgehead atoms. The van der Waals surface area contributed by atoms with Gasteiger partial charge in [-0.15, -0.1) is 0 Å². The Hall–Kier alpha value is -1.10. The Bertz CT molecular complexity index is 240. The number of nitrogens with two attached hydrogens (primary N) is 1. The topological polar surface area (TPSA) is 66.6 Å². The molecule has 0 saturated carbocycles. The molecule has 1 saturated heterocycles. The molecule has 1 aliphatic heterocycles. The Morgan fingerprint density at radius 3 is 2.86 bits per heavy atom. The van der Waals surface area contributed by atoms with Gasteiger partial charge in [0.25, 0.3) is 0 Å². The van der Waals surface area contributed by atoms with Crippen molar-refractivity contribution in [1.82, 2.24) is 9.80 Å². The van der Waals surface area contributed by atoms with Gasteiger partial charge in [-0.2, -0.15) is 0 Å². The molecule has 0 spiro atoms. The first-order valence-corrected chi connectivity index (χ1v) is 4.77. The summed E-state index contributed by atoms with van der Waals surface area (Å²) in [6, 6.07) is -0.418. The van der Waals surface area contributed by atoms with Gasteiger partial charge < -0.3 is 15.5 Å². The second-order valence-corrected chi connectivity index (χ2v) is 3.80. The van der Waals surface area contributed by atoms with Crippen molar-refractivity contribution >= 4 is 11.8 Å². The average molecular weight is 199 g/mol. The van der Waals surface area contributed by atoms with Crippen molar-refractivity contribution in [2.45, 2.75) is 18.9 Å². The van der Waals surface area contributed by atoms with E-state index in [4.69, 9.17) is 5.73 Å². The highest BCUT2D eigenvalue weighted by atomic mass is 16.2. The van der Waals surface area contributed by atoms with Crippen LogP contribution in [-0.2, 0) is 9.59 Å². The summed E-state index contributed by atoms with van der Waals surface area (Å²) in [5.41, 5.74) is 5.60. The van der Waals surface area contributed by atoms with Crippen LogP contribution in [0.1, 0.15) is 12.8 Å². The van der Waals surface area contributed by atoms with Crippen LogP contribution >= 0.6 is 0 Å². The lowest BCUT2D eigenvalue weighted by Crippen LogP contribution is -2.51. The lowest BCUT2D eigenvalue weighted by Gasteiger charge is -2.30.